The van der Waals surface area contributed by atoms with Gasteiger partial charge in [0.25, 0.3) is 0 Å². The number of hydrogen-bond acceptors (Lipinski definition) is 1. The first-order valence-corrected chi connectivity index (χ1v) is 3.54. The molecule has 0 heterocycles. The highest BCUT2D eigenvalue weighted by atomic mass is 14.6. The van der Waals surface area contributed by atoms with Gasteiger partial charge in [-0.2, -0.15) is 0 Å². The van der Waals surface area contributed by atoms with Crippen LogP contribution in [-0.4, -0.2) is 6.21 Å². The van der Waals surface area contributed by atoms with Gasteiger partial charge in [0.1, 0.15) is 0 Å². The lowest BCUT2D eigenvalue weighted by atomic mass is 10.4. The highest BCUT2D eigenvalue weighted by molar-refractivity contribution is 5.57. The molecule has 0 rings (SSSR count). The van der Waals surface area contributed by atoms with E-state index in [1.165, 1.54) is 0 Å². The van der Waals surface area contributed by atoms with Crippen LogP contribution in [0.1, 0.15) is 33.6 Å². The Bertz CT molecular complexity index is 65.0. The van der Waals surface area contributed by atoms with Gasteiger partial charge in [-0.25, -0.2) is 0 Å². The van der Waals surface area contributed by atoms with Crippen molar-refractivity contribution in [3.8, 4) is 0 Å². The Morgan fingerprint density at radius 3 is 2.33 bits per heavy atom. The second kappa shape index (κ2) is 15.7. The zero-order valence-corrected chi connectivity index (χ0v) is 6.72. The highest BCUT2D eigenvalue weighted by Crippen LogP contribution is 1.79. The Morgan fingerprint density at radius 1 is 1.44 bits per heavy atom. The second-order valence-corrected chi connectivity index (χ2v) is 1.30. The van der Waals surface area contributed by atoms with E-state index >= 15 is 0 Å². The summed E-state index contributed by atoms with van der Waals surface area (Å²) in [5.74, 6) is 0. The van der Waals surface area contributed by atoms with Crippen molar-refractivity contribution in [2.24, 2.45) is 4.99 Å². The number of unbranched alkanes of at least 4 members (excludes halogenated alkanes) is 1. The molecule has 0 unspecified atom stereocenters. The predicted molar refractivity (Wildman–Crippen MR) is 44.9 cm³/mol. The Kier molecular flexibility index (Phi) is 19.5. The van der Waals surface area contributed by atoms with E-state index in [1.807, 2.05) is 20.1 Å². The summed E-state index contributed by atoms with van der Waals surface area (Å²) in [6, 6.07) is 0. The summed E-state index contributed by atoms with van der Waals surface area (Å²) in [6.45, 7) is 9.55. The maximum absolute atomic E-state index is 3.80. The average molecular weight is 127 g/mol. The Hall–Kier alpha value is -0.590. The van der Waals surface area contributed by atoms with Crippen molar-refractivity contribution >= 4 is 6.21 Å². The van der Waals surface area contributed by atoms with E-state index in [-0.39, 0.29) is 0 Å². The molecule has 1 nitrogen and oxygen atoms in total. The quantitative estimate of drug-likeness (QED) is 0.517. The third-order valence-corrected chi connectivity index (χ3v) is 0.629. The molecular formula is C8H17N. The molecule has 0 bridgehead atoms. The molecule has 0 N–H and O–H groups in total. The van der Waals surface area contributed by atoms with Crippen LogP contribution >= 0.6 is 0 Å². The van der Waals surface area contributed by atoms with Gasteiger partial charge in [-0.05, 0) is 6.42 Å². The molecule has 0 fully saturated rings. The predicted octanol–water partition coefficient (Wildman–Crippen LogP) is 3.03. The molecule has 0 saturated carbocycles. The number of hydrogen-bond donors (Lipinski definition) is 0. The van der Waals surface area contributed by atoms with Crippen molar-refractivity contribution in [3.63, 3.8) is 0 Å². The van der Waals surface area contributed by atoms with Gasteiger partial charge in [-0.1, -0.05) is 33.8 Å². The number of aliphatic imine (C=N–C) groups is 1. The van der Waals surface area contributed by atoms with Gasteiger partial charge in [0.2, 0.25) is 0 Å². The maximum atomic E-state index is 3.80. The fourth-order valence-corrected chi connectivity index (χ4v) is 0.278. The maximum Gasteiger partial charge on any atom is 0.0191 e. The zero-order chi connectivity index (χ0) is 7.54. The molecule has 0 aromatic heterocycles. The van der Waals surface area contributed by atoms with E-state index in [1.54, 1.807) is 6.20 Å². The SMILES string of the molecule is C=CN=CCCC.CC. The first kappa shape index (κ1) is 11.2. The first-order valence-electron chi connectivity index (χ1n) is 3.54. The minimum absolute atomic E-state index is 1.06. The largest absolute Gasteiger partial charge is 0.270 e. The summed E-state index contributed by atoms with van der Waals surface area (Å²) >= 11 is 0. The molecule has 0 aliphatic heterocycles. The second-order valence-electron chi connectivity index (χ2n) is 1.30. The standard InChI is InChI=1S/C6H11N.C2H6/c1-3-5-6-7-4-2;1-2/h4,6H,2-3,5H2,1H3;1-2H3. The van der Waals surface area contributed by atoms with Gasteiger partial charge in [0.05, 0.1) is 0 Å². The van der Waals surface area contributed by atoms with Gasteiger partial charge >= 0.3 is 0 Å². The molecule has 0 saturated heterocycles. The van der Waals surface area contributed by atoms with Gasteiger partial charge in [0.15, 0.2) is 0 Å². The molecule has 0 amide bonds. The van der Waals surface area contributed by atoms with Crippen LogP contribution in [0.2, 0.25) is 0 Å². The Morgan fingerprint density at radius 2 is 2.00 bits per heavy atom. The van der Waals surface area contributed by atoms with Crippen LogP contribution in [-0.2, 0) is 0 Å². The summed E-state index contributed by atoms with van der Waals surface area (Å²) in [5, 5.41) is 0. The van der Waals surface area contributed by atoms with E-state index in [0.717, 1.165) is 12.8 Å². The lowest BCUT2D eigenvalue weighted by molar-refractivity contribution is 1.01. The van der Waals surface area contributed by atoms with Crippen LogP contribution in [0, 0.1) is 0 Å². The van der Waals surface area contributed by atoms with Crippen LogP contribution in [0.15, 0.2) is 17.8 Å². The molecule has 0 aliphatic carbocycles. The van der Waals surface area contributed by atoms with Gasteiger partial charge in [-0.3, -0.25) is 4.99 Å². The number of rotatable bonds is 3. The molecule has 0 aromatic rings. The molecule has 0 atom stereocenters. The third-order valence-electron chi connectivity index (χ3n) is 0.629. The van der Waals surface area contributed by atoms with Gasteiger partial charge in [-0.15, -0.1) is 0 Å². The van der Waals surface area contributed by atoms with Crippen molar-refractivity contribution < 1.29 is 0 Å². The molecule has 0 radical (unpaired) electrons. The van der Waals surface area contributed by atoms with E-state index in [0.29, 0.717) is 0 Å². The van der Waals surface area contributed by atoms with Crippen molar-refractivity contribution in [1.82, 2.24) is 0 Å². The fourth-order valence-electron chi connectivity index (χ4n) is 0.278. The summed E-state index contributed by atoms with van der Waals surface area (Å²) in [4.78, 5) is 3.80. The summed E-state index contributed by atoms with van der Waals surface area (Å²) in [5.41, 5.74) is 0. The van der Waals surface area contributed by atoms with Crippen LogP contribution in [0.25, 0.3) is 0 Å². The van der Waals surface area contributed by atoms with E-state index in [2.05, 4.69) is 18.5 Å². The normalized spacial score (nSPS) is 8.33. The Balaban J connectivity index is 0. The van der Waals surface area contributed by atoms with Crippen molar-refractivity contribution in [2.75, 3.05) is 0 Å². The van der Waals surface area contributed by atoms with Crippen molar-refractivity contribution in [1.29, 1.82) is 0 Å². The van der Waals surface area contributed by atoms with Gasteiger partial charge in [0, 0.05) is 12.4 Å². The molecule has 0 aliphatic rings. The molecule has 9 heavy (non-hydrogen) atoms. The van der Waals surface area contributed by atoms with Crippen LogP contribution in [0.3, 0.4) is 0 Å². The fraction of sp³-hybridized carbons (Fsp3) is 0.625. The van der Waals surface area contributed by atoms with E-state index in [9.17, 15) is 0 Å². The summed E-state index contributed by atoms with van der Waals surface area (Å²) < 4.78 is 0. The summed E-state index contributed by atoms with van der Waals surface area (Å²) in [7, 11) is 0. The monoisotopic (exact) mass is 127 g/mol. The van der Waals surface area contributed by atoms with Crippen molar-refractivity contribution in [3.05, 3.63) is 12.8 Å². The molecule has 1 heteroatoms. The lowest BCUT2D eigenvalue weighted by Gasteiger charge is -1.76. The molecule has 54 valence electrons. The van der Waals surface area contributed by atoms with Gasteiger partial charge < -0.3 is 0 Å². The Labute approximate surface area is 58.5 Å². The van der Waals surface area contributed by atoms with E-state index in [4.69, 9.17) is 0 Å². The summed E-state index contributed by atoms with van der Waals surface area (Å²) in [6.07, 6.45) is 5.64. The van der Waals surface area contributed by atoms with E-state index < -0.39 is 0 Å². The molecule has 0 aromatic carbocycles. The third kappa shape index (κ3) is 18.7. The highest BCUT2D eigenvalue weighted by Gasteiger charge is 1.67. The first-order chi connectivity index (χ1) is 4.41. The molecular weight excluding hydrogens is 110 g/mol. The zero-order valence-electron chi connectivity index (χ0n) is 6.72. The van der Waals surface area contributed by atoms with Crippen LogP contribution < -0.4 is 0 Å². The molecule has 0 spiro atoms. The van der Waals surface area contributed by atoms with Crippen LogP contribution in [0.4, 0.5) is 0 Å². The minimum atomic E-state index is 1.06. The smallest absolute Gasteiger partial charge is 0.0191 e. The van der Waals surface area contributed by atoms with Crippen molar-refractivity contribution in [2.45, 2.75) is 33.6 Å². The van der Waals surface area contributed by atoms with Crippen LogP contribution in [0.5, 0.6) is 0 Å². The minimum Gasteiger partial charge on any atom is -0.270 e. The number of nitrogens with zero attached hydrogens (tertiary/aromatic N) is 1. The topological polar surface area (TPSA) is 12.4 Å². The lowest BCUT2D eigenvalue weighted by Crippen LogP contribution is -1.67. The average Bonchev–Trinajstić information content (AvgIpc) is 1.94.